The average Bonchev–Trinajstić information content (AvgIpc) is 2.99. The van der Waals surface area contributed by atoms with Crippen LogP contribution in [0.3, 0.4) is 0 Å². The fourth-order valence-corrected chi connectivity index (χ4v) is 5.47. The van der Waals surface area contributed by atoms with Gasteiger partial charge in [-0.15, -0.1) is 0 Å². The molecule has 1 fully saturated rings. The molecule has 0 atom stereocenters. The number of rotatable bonds is 2. The molecule has 2 aliphatic rings. The quantitative estimate of drug-likeness (QED) is 0.756. The van der Waals surface area contributed by atoms with Crippen molar-refractivity contribution < 1.29 is 9.84 Å². The number of anilines is 1. The first-order valence-electron chi connectivity index (χ1n) is 7.27. The van der Waals surface area contributed by atoms with E-state index in [1.807, 2.05) is 24.4 Å². The number of fused-ring (bicyclic) bond motifs is 1. The van der Waals surface area contributed by atoms with Crippen LogP contribution < -0.4 is 8.48 Å². The Morgan fingerprint density at radius 2 is 2.00 bits per heavy atom. The second-order valence-corrected chi connectivity index (χ2v) is 8.12. The summed E-state index contributed by atoms with van der Waals surface area (Å²) in [4.78, 5) is 6.73. The molecule has 2 radical (unpaired) electrons. The van der Waals surface area contributed by atoms with Crippen LogP contribution in [0.2, 0.25) is 0 Å². The standard InChI is InChI=1S/C16H15N3O2.Sn/c17-16(12-2-1-3-14(20)10-12)13-4-5-18-15(11-13)19-6-8-21-9-7-19;/h1,3-5,10-11,20H,6-9H2;/q-1;+1. The van der Waals surface area contributed by atoms with Gasteiger partial charge in [-0.05, 0) is 0 Å². The molecule has 6 heteroatoms. The van der Waals surface area contributed by atoms with E-state index < -0.39 is 21.4 Å². The number of phenolic OH excluding ortho intramolecular Hbond substituents is 1. The topological polar surface area (TPSA) is 58.0 Å². The van der Waals surface area contributed by atoms with Crippen molar-refractivity contribution in [3.8, 4) is 5.75 Å². The van der Waals surface area contributed by atoms with Gasteiger partial charge in [-0.1, -0.05) is 0 Å². The zero-order valence-electron chi connectivity index (χ0n) is 12.0. The van der Waals surface area contributed by atoms with Gasteiger partial charge in [0, 0.05) is 0 Å². The summed E-state index contributed by atoms with van der Waals surface area (Å²) < 4.78 is 11.5. The number of morpholine rings is 1. The number of benzene rings is 1. The van der Waals surface area contributed by atoms with Gasteiger partial charge >= 0.3 is 139 Å². The van der Waals surface area contributed by atoms with Crippen LogP contribution in [0.1, 0.15) is 11.1 Å². The minimum absolute atomic E-state index is 0.301. The second kappa shape index (κ2) is 5.89. The van der Waals surface area contributed by atoms with Crippen molar-refractivity contribution in [2.75, 3.05) is 31.2 Å². The van der Waals surface area contributed by atoms with Crippen LogP contribution in [-0.4, -0.2) is 63.5 Å². The number of hydrogen-bond acceptors (Lipinski definition) is 5. The summed E-state index contributed by atoms with van der Waals surface area (Å²) in [5.41, 5.74) is 3.18. The molecular weight excluding hydrogens is 385 g/mol. The van der Waals surface area contributed by atoms with Crippen molar-refractivity contribution in [2.45, 2.75) is 0 Å². The van der Waals surface area contributed by atoms with Crippen LogP contribution in [0, 0.1) is 0 Å². The van der Waals surface area contributed by atoms with E-state index >= 15 is 0 Å². The molecule has 22 heavy (non-hydrogen) atoms. The van der Waals surface area contributed by atoms with Gasteiger partial charge in [0.25, 0.3) is 0 Å². The molecule has 4 rings (SSSR count). The van der Waals surface area contributed by atoms with Crippen LogP contribution >= 0.6 is 0 Å². The number of hydrogen-bond donors (Lipinski definition) is 1. The van der Waals surface area contributed by atoms with Gasteiger partial charge in [0.15, 0.2) is 0 Å². The summed E-state index contributed by atoms with van der Waals surface area (Å²) in [6.07, 6.45) is 1.84. The Kier molecular flexibility index (Phi) is 3.75. The van der Waals surface area contributed by atoms with E-state index in [0.29, 0.717) is 5.75 Å². The van der Waals surface area contributed by atoms with Gasteiger partial charge in [0.2, 0.25) is 0 Å². The number of nitrogens with zero attached hydrogens (tertiary/aromatic N) is 3. The maximum absolute atomic E-state index is 9.75. The molecule has 1 saturated heterocycles. The molecule has 1 aromatic carbocycles. The third kappa shape index (κ3) is 2.59. The number of aromatic hydroxyl groups is 1. The molecule has 2 aromatic rings. The molecular formula is C16H15N3O2Sn. The van der Waals surface area contributed by atoms with E-state index in [9.17, 15) is 5.11 Å². The van der Waals surface area contributed by atoms with Gasteiger partial charge in [-0.25, -0.2) is 0 Å². The maximum atomic E-state index is 9.75. The van der Waals surface area contributed by atoms with Gasteiger partial charge in [-0.2, -0.15) is 0 Å². The number of phenols is 1. The molecule has 1 aromatic heterocycles. The average molecular weight is 400 g/mol. The zero-order valence-corrected chi connectivity index (χ0v) is 14.8. The summed E-state index contributed by atoms with van der Waals surface area (Å²) >= 11 is -0.918. The minimum atomic E-state index is -0.918. The van der Waals surface area contributed by atoms with Crippen molar-refractivity contribution in [2.24, 2.45) is 3.21 Å². The zero-order chi connectivity index (χ0) is 14.9. The van der Waals surface area contributed by atoms with Crippen molar-refractivity contribution in [3.63, 3.8) is 0 Å². The second-order valence-electron chi connectivity index (χ2n) is 5.30. The molecule has 3 heterocycles. The molecule has 0 spiro atoms. The molecule has 0 unspecified atom stereocenters. The van der Waals surface area contributed by atoms with Crippen molar-refractivity contribution >= 4 is 36.5 Å². The molecule has 0 bridgehead atoms. The van der Waals surface area contributed by atoms with Crippen molar-refractivity contribution in [3.05, 3.63) is 47.7 Å². The van der Waals surface area contributed by atoms with Crippen LogP contribution in [0.4, 0.5) is 5.82 Å². The van der Waals surface area contributed by atoms with Gasteiger partial charge < -0.3 is 0 Å². The number of aromatic nitrogens is 1. The fourth-order valence-electron chi connectivity index (χ4n) is 2.75. The molecule has 2 aliphatic heterocycles. The number of pyridine rings is 1. The predicted octanol–water partition coefficient (Wildman–Crippen LogP) is 0.719. The monoisotopic (exact) mass is 401 g/mol. The van der Waals surface area contributed by atoms with E-state index in [2.05, 4.69) is 16.0 Å². The summed E-state index contributed by atoms with van der Waals surface area (Å²) in [6.45, 7) is 3.24. The molecule has 0 saturated carbocycles. The molecule has 110 valence electrons. The van der Waals surface area contributed by atoms with E-state index in [4.69, 9.17) is 7.95 Å². The predicted molar refractivity (Wildman–Crippen MR) is 86.4 cm³/mol. The summed E-state index contributed by atoms with van der Waals surface area (Å²) in [6, 6.07) is 9.70. The Morgan fingerprint density at radius 1 is 1.14 bits per heavy atom. The van der Waals surface area contributed by atoms with Crippen LogP contribution in [-0.2, 0) is 4.74 Å². The Morgan fingerprint density at radius 3 is 2.86 bits per heavy atom. The van der Waals surface area contributed by atoms with E-state index in [-0.39, 0.29) is 0 Å². The normalized spacial score (nSPS) is 17.3. The first-order valence-corrected chi connectivity index (χ1v) is 9.98. The summed E-state index contributed by atoms with van der Waals surface area (Å²) in [5, 5.41) is 9.75. The van der Waals surface area contributed by atoms with Gasteiger partial charge in [0.1, 0.15) is 0 Å². The van der Waals surface area contributed by atoms with Crippen LogP contribution in [0.15, 0.2) is 39.7 Å². The Bertz CT molecular complexity index is 742. The van der Waals surface area contributed by atoms with Crippen molar-refractivity contribution in [1.82, 2.24) is 4.98 Å². The first-order chi connectivity index (χ1) is 10.8. The Labute approximate surface area is 139 Å². The summed E-state index contributed by atoms with van der Waals surface area (Å²) in [5.74, 6) is 1.28. The van der Waals surface area contributed by atoms with Crippen LogP contribution in [0.25, 0.3) is 0 Å². The number of ether oxygens (including phenoxy) is 1. The SMILES string of the molecule is Oc1cc[c]2c(c1)C(c1ccnc(N3CCOCC3)c1)=[N][Sn]2. The van der Waals surface area contributed by atoms with Gasteiger partial charge in [0.05, 0.1) is 0 Å². The Hall–Kier alpha value is -1.60. The molecule has 1 N–H and O–H groups in total. The third-order valence-electron chi connectivity index (χ3n) is 3.90. The van der Waals surface area contributed by atoms with E-state index in [0.717, 1.165) is 49.0 Å². The summed E-state index contributed by atoms with van der Waals surface area (Å²) in [7, 11) is 0. The Balaban J connectivity index is 1.68. The fraction of sp³-hybridized carbons (Fsp3) is 0.250. The third-order valence-corrected chi connectivity index (χ3v) is 6.79. The van der Waals surface area contributed by atoms with Gasteiger partial charge in [-0.3, -0.25) is 0 Å². The molecule has 0 amide bonds. The van der Waals surface area contributed by atoms with Crippen molar-refractivity contribution in [1.29, 1.82) is 0 Å². The molecule has 0 aliphatic carbocycles. The van der Waals surface area contributed by atoms with E-state index in [1.54, 1.807) is 6.07 Å². The van der Waals surface area contributed by atoms with Crippen LogP contribution in [0.5, 0.6) is 5.75 Å². The first kappa shape index (κ1) is 14.0. The van der Waals surface area contributed by atoms with E-state index in [1.165, 1.54) is 3.58 Å². The molecule has 5 nitrogen and oxygen atoms in total.